The number of rotatable bonds is 8. The maximum atomic E-state index is 12.6. The third-order valence-electron chi connectivity index (χ3n) is 6.05. The summed E-state index contributed by atoms with van der Waals surface area (Å²) >= 11 is 0. The summed E-state index contributed by atoms with van der Waals surface area (Å²) in [6.45, 7) is 11.8. The van der Waals surface area contributed by atoms with Gasteiger partial charge in [-0.3, -0.25) is 0 Å². The molecule has 2 aromatic carbocycles. The molecule has 0 fully saturated rings. The second-order valence-electron chi connectivity index (χ2n) is 7.96. The first-order valence-corrected chi connectivity index (χ1v) is 11.7. The Balaban J connectivity index is 1.67. The number of aliphatic imine (C=N–C) groups is 1. The summed E-state index contributed by atoms with van der Waals surface area (Å²) in [6.07, 6.45) is 1.35. The quantitative estimate of drug-likeness (QED) is 0.261. The molecule has 0 saturated carbocycles. The van der Waals surface area contributed by atoms with Gasteiger partial charge >= 0.3 is 11.3 Å². The first kappa shape index (κ1) is 23.3. The molecular formula is C27H29N3O4. The van der Waals surface area contributed by atoms with E-state index in [4.69, 9.17) is 8.83 Å². The van der Waals surface area contributed by atoms with Crippen molar-refractivity contribution < 1.29 is 8.83 Å². The van der Waals surface area contributed by atoms with Crippen LogP contribution < -0.4 is 21.1 Å². The lowest BCUT2D eigenvalue weighted by molar-refractivity contribution is 0.559. The highest BCUT2D eigenvalue weighted by molar-refractivity contribution is 5.89. The van der Waals surface area contributed by atoms with Gasteiger partial charge in [-0.1, -0.05) is 0 Å². The van der Waals surface area contributed by atoms with Crippen molar-refractivity contribution in [1.82, 2.24) is 0 Å². The van der Waals surface area contributed by atoms with Gasteiger partial charge in [0, 0.05) is 66.7 Å². The Morgan fingerprint density at radius 2 is 1.21 bits per heavy atom. The maximum absolute atomic E-state index is 12.6. The Labute approximate surface area is 197 Å². The lowest BCUT2D eigenvalue weighted by Gasteiger charge is -2.21. The van der Waals surface area contributed by atoms with Crippen molar-refractivity contribution in [1.29, 1.82) is 0 Å². The summed E-state index contributed by atoms with van der Waals surface area (Å²) in [6, 6.07) is 14.9. The van der Waals surface area contributed by atoms with Gasteiger partial charge in [-0.15, -0.1) is 0 Å². The van der Waals surface area contributed by atoms with E-state index in [-0.39, 0.29) is 11.3 Å². The standard InChI is InChI=1S/C27H29N3O4/c1-5-29(6-2)21-11-9-18-13-20(26(31)33-24(18)15-21)17-28-23-14-19-10-12-22(30(7-3)8-4)16-25(19)34-27(23)32/h9-17H,5-8H2,1-4H3. The van der Waals surface area contributed by atoms with Gasteiger partial charge in [0.2, 0.25) is 0 Å². The maximum Gasteiger partial charge on any atom is 0.362 e. The van der Waals surface area contributed by atoms with Crippen LogP contribution in [-0.2, 0) is 0 Å². The van der Waals surface area contributed by atoms with Crippen LogP contribution in [0.15, 0.2) is 71.9 Å². The van der Waals surface area contributed by atoms with Crippen LogP contribution in [0.4, 0.5) is 17.1 Å². The molecule has 0 bridgehead atoms. The van der Waals surface area contributed by atoms with Crippen LogP contribution in [0.25, 0.3) is 21.9 Å². The molecule has 0 amide bonds. The molecule has 0 spiro atoms. The average Bonchev–Trinajstić information content (AvgIpc) is 2.84. The van der Waals surface area contributed by atoms with E-state index in [1.54, 1.807) is 12.1 Å². The molecule has 0 unspecified atom stereocenters. The fourth-order valence-corrected chi connectivity index (χ4v) is 4.09. The topological polar surface area (TPSA) is 79.3 Å². The van der Waals surface area contributed by atoms with Gasteiger partial charge in [-0.25, -0.2) is 14.6 Å². The normalized spacial score (nSPS) is 11.5. The Bertz CT molecular complexity index is 1350. The van der Waals surface area contributed by atoms with E-state index < -0.39 is 11.3 Å². The molecule has 0 atom stereocenters. The molecule has 34 heavy (non-hydrogen) atoms. The summed E-state index contributed by atoms with van der Waals surface area (Å²) in [7, 11) is 0. The van der Waals surface area contributed by atoms with Crippen LogP contribution in [0.2, 0.25) is 0 Å². The second-order valence-corrected chi connectivity index (χ2v) is 7.96. The van der Waals surface area contributed by atoms with Crippen molar-refractivity contribution in [2.24, 2.45) is 4.99 Å². The van der Waals surface area contributed by atoms with Gasteiger partial charge < -0.3 is 18.6 Å². The highest BCUT2D eigenvalue weighted by Gasteiger charge is 2.10. The van der Waals surface area contributed by atoms with E-state index in [1.807, 2.05) is 36.4 Å². The molecule has 4 rings (SSSR count). The zero-order chi connectivity index (χ0) is 24.2. The Morgan fingerprint density at radius 3 is 1.74 bits per heavy atom. The zero-order valence-corrected chi connectivity index (χ0v) is 20.0. The van der Waals surface area contributed by atoms with Crippen LogP contribution in [0.1, 0.15) is 33.3 Å². The SMILES string of the molecule is CCN(CC)c1ccc2cc(C=Nc3cc4ccc(N(CC)CC)cc4oc3=O)c(=O)oc2c1. The molecule has 2 aromatic heterocycles. The largest absolute Gasteiger partial charge is 0.422 e. The van der Waals surface area contributed by atoms with E-state index >= 15 is 0 Å². The third-order valence-corrected chi connectivity index (χ3v) is 6.05. The minimum Gasteiger partial charge on any atom is -0.422 e. The van der Waals surface area contributed by atoms with Crippen LogP contribution in [0.5, 0.6) is 0 Å². The van der Waals surface area contributed by atoms with Gasteiger partial charge in [0.15, 0.2) is 0 Å². The molecule has 7 nitrogen and oxygen atoms in total. The van der Waals surface area contributed by atoms with Crippen molar-refractivity contribution in [3.63, 3.8) is 0 Å². The monoisotopic (exact) mass is 459 g/mol. The van der Waals surface area contributed by atoms with Gasteiger partial charge in [0.05, 0.1) is 5.56 Å². The molecule has 0 aliphatic carbocycles. The van der Waals surface area contributed by atoms with E-state index in [9.17, 15) is 9.59 Å². The molecule has 4 aromatic rings. The molecule has 0 N–H and O–H groups in total. The molecule has 0 aliphatic rings. The van der Waals surface area contributed by atoms with Gasteiger partial charge in [0.1, 0.15) is 16.9 Å². The summed E-state index contributed by atoms with van der Waals surface area (Å²) in [4.78, 5) is 33.7. The fourth-order valence-electron chi connectivity index (χ4n) is 4.09. The lowest BCUT2D eigenvalue weighted by atomic mass is 10.1. The minimum absolute atomic E-state index is 0.125. The lowest BCUT2D eigenvalue weighted by Crippen LogP contribution is -2.21. The van der Waals surface area contributed by atoms with Crippen molar-refractivity contribution in [2.75, 3.05) is 36.0 Å². The van der Waals surface area contributed by atoms with Crippen LogP contribution in [0.3, 0.4) is 0 Å². The van der Waals surface area contributed by atoms with Crippen LogP contribution >= 0.6 is 0 Å². The number of hydrogen-bond acceptors (Lipinski definition) is 7. The molecule has 0 radical (unpaired) electrons. The van der Waals surface area contributed by atoms with Gasteiger partial charge in [0.25, 0.3) is 0 Å². The van der Waals surface area contributed by atoms with Crippen molar-refractivity contribution in [3.05, 3.63) is 74.9 Å². The van der Waals surface area contributed by atoms with E-state index in [1.165, 1.54) is 6.21 Å². The summed E-state index contributed by atoms with van der Waals surface area (Å²) in [5.74, 6) is 0. The number of fused-ring (bicyclic) bond motifs is 2. The number of anilines is 2. The van der Waals surface area contributed by atoms with Crippen molar-refractivity contribution in [3.8, 4) is 0 Å². The zero-order valence-electron chi connectivity index (χ0n) is 20.0. The highest BCUT2D eigenvalue weighted by atomic mass is 16.4. The second kappa shape index (κ2) is 9.95. The Kier molecular flexibility index (Phi) is 6.82. The molecule has 0 aliphatic heterocycles. The van der Waals surface area contributed by atoms with E-state index in [0.29, 0.717) is 11.2 Å². The summed E-state index contributed by atoms with van der Waals surface area (Å²) in [5.41, 5.74) is 2.33. The Hall–Kier alpha value is -3.87. The third kappa shape index (κ3) is 4.59. The first-order chi connectivity index (χ1) is 16.5. The molecule has 176 valence electrons. The van der Waals surface area contributed by atoms with Crippen LogP contribution in [0, 0.1) is 0 Å². The molecule has 7 heteroatoms. The number of nitrogens with zero attached hydrogens (tertiary/aromatic N) is 3. The van der Waals surface area contributed by atoms with Crippen molar-refractivity contribution in [2.45, 2.75) is 27.7 Å². The molecule has 0 saturated heterocycles. The van der Waals surface area contributed by atoms with Crippen LogP contribution in [-0.4, -0.2) is 32.4 Å². The van der Waals surface area contributed by atoms with E-state index in [2.05, 4.69) is 42.5 Å². The average molecular weight is 460 g/mol. The highest BCUT2D eigenvalue weighted by Crippen LogP contribution is 2.24. The molecular weight excluding hydrogens is 430 g/mol. The smallest absolute Gasteiger partial charge is 0.362 e. The predicted octanol–water partition coefficient (Wildman–Crippen LogP) is 5.34. The fraction of sp³-hybridized carbons (Fsp3) is 0.296. The number of benzene rings is 2. The van der Waals surface area contributed by atoms with Gasteiger partial charge in [-0.05, 0) is 64.1 Å². The predicted molar refractivity (Wildman–Crippen MR) is 139 cm³/mol. The van der Waals surface area contributed by atoms with E-state index in [0.717, 1.165) is 48.3 Å². The minimum atomic E-state index is -0.561. The van der Waals surface area contributed by atoms with Gasteiger partial charge in [-0.2, -0.15) is 0 Å². The molecule has 2 heterocycles. The Morgan fingerprint density at radius 1 is 0.706 bits per heavy atom. The summed E-state index contributed by atoms with van der Waals surface area (Å²) in [5, 5.41) is 1.54. The summed E-state index contributed by atoms with van der Waals surface area (Å²) < 4.78 is 11.1. The first-order valence-electron chi connectivity index (χ1n) is 11.7. The van der Waals surface area contributed by atoms with Crippen molar-refractivity contribution >= 4 is 45.2 Å². The number of hydrogen-bond donors (Lipinski definition) is 0.